The van der Waals surface area contributed by atoms with Gasteiger partial charge in [-0.1, -0.05) is 204 Å². The molecule has 9 nitrogen and oxygen atoms in total. The number of ether oxygens (including phenoxy) is 2. The Bertz CT molecular complexity index is 1130. The number of aliphatic hydroxyl groups excluding tert-OH is 5. The van der Waals surface area contributed by atoms with Crippen molar-refractivity contribution in [3.8, 4) is 0 Å². The number of aliphatic hydroxyl groups is 5. The molecule has 1 rings (SSSR count). The molecule has 1 saturated heterocycles. The summed E-state index contributed by atoms with van der Waals surface area (Å²) < 4.78 is 11.2. The van der Waals surface area contributed by atoms with Crippen molar-refractivity contribution in [3.05, 3.63) is 48.6 Å². The van der Waals surface area contributed by atoms with Crippen LogP contribution in [0.15, 0.2) is 48.6 Å². The number of nitrogens with one attached hydrogen (secondary N) is 1. The average molecular weight is 890 g/mol. The quantitative estimate of drug-likeness (QED) is 0.0262. The van der Waals surface area contributed by atoms with Crippen molar-refractivity contribution in [2.75, 3.05) is 13.2 Å². The molecule has 1 aliphatic rings. The molecule has 0 aromatic carbocycles. The molecule has 9 heteroatoms. The van der Waals surface area contributed by atoms with Crippen LogP contribution in [0.25, 0.3) is 0 Å². The van der Waals surface area contributed by atoms with Gasteiger partial charge in [0.05, 0.1) is 25.4 Å². The second-order valence-electron chi connectivity index (χ2n) is 18.3. The van der Waals surface area contributed by atoms with E-state index in [9.17, 15) is 30.3 Å². The molecule has 0 aliphatic carbocycles. The van der Waals surface area contributed by atoms with Gasteiger partial charge in [0, 0.05) is 6.42 Å². The Morgan fingerprint density at radius 2 is 0.905 bits per heavy atom. The fourth-order valence-electron chi connectivity index (χ4n) is 8.12. The van der Waals surface area contributed by atoms with E-state index in [1.165, 1.54) is 148 Å². The highest BCUT2D eigenvalue weighted by Crippen LogP contribution is 2.23. The minimum atomic E-state index is -1.58. The number of hydrogen-bond acceptors (Lipinski definition) is 8. The highest BCUT2D eigenvalue weighted by Gasteiger charge is 2.44. The van der Waals surface area contributed by atoms with Gasteiger partial charge in [0.25, 0.3) is 0 Å². The smallest absolute Gasteiger partial charge is 0.220 e. The highest BCUT2D eigenvalue weighted by molar-refractivity contribution is 5.76. The molecule has 7 unspecified atom stereocenters. The van der Waals surface area contributed by atoms with Crippen LogP contribution in [0.3, 0.4) is 0 Å². The maximum atomic E-state index is 13.0. The molecular weight excluding hydrogens is 791 g/mol. The molecule has 0 bridgehead atoms. The summed E-state index contributed by atoms with van der Waals surface area (Å²) in [5.74, 6) is -0.195. The van der Waals surface area contributed by atoms with Gasteiger partial charge in [-0.25, -0.2) is 0 Å². The summed E-state index contributed by atoms with van der Waals surface area (Å²) in [4.78, 5) is 13.0. The number of carbonyl (C=O) groups excluding carboxylic acids is 1. The zero-order valence-electron chi connectivity index (χ0n) is 40.6. The molecule has 1 aliphatic heterocycles. The van der Waals surface area contributed by atoms with Gasteiger partial charge in [-0.2, -0.15) is 0 Å². The molecule has 63 heavy (non-hydrogen) atoms. The maximum Gasteiger partial charge on any atom is 0.220 e. The van der Waals surface area contributed by atoms with Crippen LogP contribution in [0.5, 0.6) is 0 Å². The first-order valence-corrected chi connectivity index (χ1v) is 26.4. The van der Waals surface area contributed by atoms with E-state index in [1.54, 1.807) is 6.08 Å². The number of unbranched alkanes of at least 4 members (excludes halogenated alkanes) is 28. The zero-order chi connectivity index (χ0) is 45.9. The van der Waals surface area contributed by atoms with Crippen LogP contribution in [0, 0.1) is 0 Å². The first kappa shape index (κ1) is 59.2. The van der Waals surface area contributed by atoms with Gasteiger partial charge in [-0.05, 0) is 70.6 Å². The lowest BCUT2D eigenvalue weighted by Crippen LogP contribution is -2.60. The van der Waals surface area contributed by atoms with Crippen molar-refractivity contribution < 1.29 is 39.8 Å². The summed E-state index contributed by atoms with van der Waals surface area (Å²) in [7, 11) is 0. The molecule has 368 valence electrons. The Kier molecular flexibility index (Phi) is 41.3. The van der Waals surface area contributed by atoms with E-state index in [-0.39, 0.29) is 12.5 Å². The van der Waals surface area contributed by atoms with Crippen LogP contribution in [0.4, 0.5) is 0 Å². The third-order valence-electron chi connectivity index (χ3n) is 12.4. The predicted octanol–water partition coefficient (Wildman–Crippen LogP) is 12.2. The minimum absolute atomic E-state index is 0.195. The summed E-state index contributed by atoms with van der Waals surface area (Å²) in [6, 6.07) is -0.830. The molecule has 1 amide bonds. The van der Waals surface area contributed by atoms with E-state index >= 15 is 0 Å². The highest BCUT2D eigenvalue weighted by atomic mass is 16.7. The van der Waals surface area contributed by atoms with Crippen LogP contribution in [-0.4, -0.2) is 87.5 Å². The van der Waals surface area contributed by atoms with Crippen molar-refractivity contribution in [1.82, 2.24) is 5.32 Å². The van der Waals surface area contributed by atoms with E-state index in [0.29, 0.717) is 6.42 Å². The maximum absolute atomic E-state index is 13.0. The second-order valence-corrected chi connectivity index (χ2v) is 18.3. The van der Waals surface area contributed by atoms with Gasteiger partial charge in [-0.3, -0.25) is 4.79 Å². The Morgan fingerprint density at radius 1 is 0.524 bits per heavy atom. The van der Waals surface area contributed by atoms with Crippen molar-refractivity contribution in [1.29, 1.82) is 0 Å². The SMILES string of the molecule is CCCCCCCCC/C=C/CC/C=C/CC/C=C/C(O)C(COC1OC(CO)C(O)C(O)C1O)NC(=O)CCCCCCCCC/C=C\CCCCCCCCCCCCCC. The van der Waals surface area contributed by atoms with E-state index in [4.69, 9.17) is 9.47 Å². The van der Waals surface area contributed by atoms with E-state index in [2.05, 4.69) is 55.6 Å². The third-order valence-corrected chi connectivity index (χ3v) is 12.4. The normalized spacial score (nSPS) is 20.5. The van der Waals surface area contributed by atoms with Crippen molar-refractivity contribution in [3.63, 3.8) is 0 Å². The number of rotatable bonds is 44. The van der Waals surface area contributed by atoms with Gasteiger partial charge in [0.15, 0.2) is 6.29 Å². The Hall–Kier alpha value is -1.85. The number of carbonyl (C=O) groups is 1. The Labute approximate surface area is 386 Å². The largest absolute Gasteiger partial charge is 0.394 e. The molecule has 7 atom stereocenters. The lowest BCUT2D eigenvalue weighted by atomic mass is 9.99. The first-order chi connectivity index (χ1) is 30.8. The average Bonchev–Trinajstić information content (AvgIpc) is 3.28. The van der Waals surface area contributed by atoms with E-state index < -0.39 is 49.5 Å². The topological polar surface area (TPSA) is 149 Å². The third kappa shape index (κ3) is 34.2. The van der Waals surface area contributed by atoms with Crippen molar-refractivity contribution in [2.24, 2.45) is 0 Å². The van der Waals surface area contributed by atoms with Gasteiger partial charge < -0.3 is 40.3 Å². The van der Waals surface area contributed by atoms with Crippen LogP contribution in [0.1, 0.15) is 232 Å². The van der Waals surface area contributed by atoms with Crippen LogP contribution in [-0.2, 0) is 14.3 Å². The Morgan fingerprint density at radius 3 is 1.33 bits per heavy atom. The van der Waals surface area contributed by atoms with Crippen molar-refractivity contribution in [2.45, 2.75) is 275 Å². The minimum Gasteiger partial charge on any atom is -0.394 e. The fraction of sp³-hybridized carbons (Fsp3) is 0.833. The van der Waals surface area contributed by atoms with E-state index in [1.807, 2.05) is 6.08 Å². The Balaban J connectivity index is 2.30. The zero-order valence-corrected chi connectivity index (χ0v) is 40.6. The summed E-state index contributed by atoms with van der Waals surface area (Å²) in [5, 5.41) is 54.3. The molecule has 1 fully saturated rings. The molecule has 0 aromatic heterocycles. The second kappa shape index (κ2) is 44.0. The van der Waals surface area contributed by atoms with Crippen LogP contribution in [0.2, 0.25) is 0 Å². The standard InChI is InChI=1S/C54H99NO8/c1-3-5-7-9-11-13-15-17-19-21-22-23-24-25-26-28-30-32-34-36-38-40-42-44-50(58)55-47(46-62-54-53(61)52(60)51(59)49(45-56)63-54)48(57)43-41-39-37-35-33-31-29-27-20-18-16-14-12-10-8-6-4-2/h20,25-27,33,35,41,43,47-49,51-54,56-57,59-61H,3-19,21-24,28-32,34,36-40,42,44-46H2,1-2H3,(H,55,58)/b26-25-,27-20+,35-33+,43-41+. The summed E-state index contributed by atoms with van der Waals surface area (Å²) >= 11 is 0. The summed E-state index contributed by atoms with van der Waals surface area (Å²) in [6.45, 7) is 3.76. The molecule has 0 spiro atoms. The predicted molar refractivity (Wildman–Crippen MR) is 263 cm³/mol. The van der Waals surface area contributed by atoms with Crippen LogP contribution < -0.4 is 5.32 Å². The molecular formula is C54H99NO8. The van der Waals surface area contributed by atoms with E-state index in [0.717, 1.165) is 64.2 Å². The molecule has 1 heterocycles. The lowest BCUT2D eigenvalue weighted by Gasteiger charge is -2.40. The van der Waals surface area contributed by atoms with Gasteiger partial charge in [0.1, 0.15) is 24.4 Å². The first-order valence-electron chi connectivity index (χ1n) is 26.4. The molecule has 0 aromatic rings. The van der Waals surface area contributed by atoms with Crippen LogP contribution >= 0.6 is 0 Å². The lowest BCUT2D eigenvalue weighted by molar-refractivity contribution is -0.302. The summed E-state index contributed by atoms with van der Waals surface area (Å²) in [6.07, 6.45) is 50.2. The number of hydrogen-bond donors (Lipinski definition) is 6. The monoisotopic (exact) mass is 890 g/mol. The van der Waals surface area contributed by atoms with Gasteiger partial charge >= 0.3 is 0 Å². The molecule has 0 saturated carbocycles. The fourth-order valence-corrected chi connectivity index (χ4v) is 8.12. The number of amides is 1. The number of allylic oxidation sites excluding steroid dienone is 7. The molecule has 0 radical (unpaired) electrons. The van der Waals surface area contributed by atoms with Crippen molar-refractivity contribution >= 4 is 5.91 Å². The molecule has 6 N–H and O–H groups in total. The van der Waals surface area contributed by atoms with Gasteiger partial charge in [-0.15, -0.1) is 0 Å². The summed E-state index contributed by atoms with van der Waals surface area (Å²) in [5.41, 5.74) is 0. The van der Waals surface area contributed by atoms with Gasteiger partial charge in [0.2, 0.25) is 5.91 Å².